The van der Waals surface area contributed by atoms with Crippen LogP contribution in [0.1, 0.15) is 74.7 Å². The molecule has 0 spiro atoms. The van der Waals surface area contributed by atoms with Crippen LogP contribution in [0.4, 0.5) is 13.2 Å². The molecule has 2 aromatic rings. The number of hydrogen-bond acceptors (Lipinski definition) is 5. The van der Waals surface area contributed by atoms with Gasteiger partial charge in [-0.1, -0.05) is 43.0 Å². The third kappa shape index (κ3) is 6.55. The van der Waals surface area contributed by atoms with Gasteiger partial charge in [0.25, 0.3) is 0 Å². The molecule has 180 valence electrons. The van der Waals surface area contributed by atoms with Gasteiger partial charge in [-0.3, -0.25) is 9.59 Å². The van der Waals surface area contributed by atoms with Crippen molar-refractivity contribution in [2.75, 3.05) is 7.05 Å². The van der Waals surface area contributed by atoms with E-state index < -0.39 is 17.3 Å². The van der Waals surface area contributed by atoms with Gasteiger partial charge >= 0.3 is 6.18 Å². The number of amides is 2. The van der Waals surface area contributed by atoms with Crippen LogP contribution in [0.15, 0.2) is 28.8 Å². The first kappa shape index (κ1) is 24.7. The Morgan fingerprint density at radius 3 is 2.33 bits per heavy atom. The molecule has 1 N–H and O–H groups in total. The lowest BCUT2D eigenvalue weighted by Gasteiger charge is -2.30. The summed E-state index contributed by atoms with van der Waals surface area (Å²) in [7, 11) is 1.59. The fourth-order valence-corrected chi connectivity index (χ4v) is 4.19. The highest BCUT2D eigenvalue weighted by Gasteiger charge is 2.38. The van der Waals surface area contributed by atoms with Crippen LogP contribution in [0, 0.1) is 0 Å². The summed E-state index contributed by atoms with van der Waals surface area (Å²) in [6, 6.07) is 4.74. The van der Waals surface area contributed by atoms with Gasteiger partial charge in [0.15, 0.2) is 5.82 Å². The lowest BCUT2D eigenvalue weighted by Crippen LogP contribution is -2.45. The maximum atomic E-state index is 12.7. The first-order valence-corrected chi connectivity index (χ1v) is 11.1. The lowest BCUT2D eigenvalue weighted by atomic mass is 9.89. The average molecular weight is 467 g/mol. The largest absolute Gasteiger partial charge is 0.416 e. The molecule has 1 aliphatic carbocycles. The van der Waals surface area contributed by atoms with E-state index in [-0.39, 0.29) is 31.2 Å². The van der Waals surface area contributed by atoms with E-state index in [9.17, 15) is 22.8 Å². The fraction of sp³-hybridized carbons (Fsp3) is 0.565. The van der Waals surface area contributed by atoms with E-state index in [1.54, 1.807) is 7.05 Å². The topological polar surface area (TPSA) is 88.3 Å². The third-order valence-corrected chi connectivity index (χ3v) is 5.95. The van der Waals surface area contributed by atoms with Crippen LogP contribution in [0.2, 0.25) is 0 Å². The molecule has 0 saturated heterocycles. The normalized spacial score (nSPS) is 16.2. The summed E-state index contributed by atoms with van der Waals surface area (Å²) >= 11 is 0. The Balaban J connectivity index is 1.58. The Bertz CT molecular complexity index is 949. The first-order chi connectivity index (χ1) is 15.6. The predicted octanol–water partition coefficient (Wildman–Crippen LogP) is 4.37. The van der Waals surface area contributed by atoms with Crippen LogP contribution < -0.4 is 5.32 Å². The van der Waals surface area contributed by atoms with E-state index in [0.29, 0.717) is 17.3 Å². The minimum absolute atomic E-state index is 0.117. The van der Waals surface area contributed by atoms with Gasteiger partial charge in [0.05, 0.1) is 5.56 Å². The molecule has 1 aromatic carbocycles. The minimum Gasteiger partial charge on any atom is -0.343 e. The van der Waals surface area contributed by atoms with Crippen LogP contribution in [-0.4, -0.2) is 33.9 Å². The van der Waals surface area contributed by atoms with Crippen LogP contribution in [0.5, 0.6) is 0 Å². The molecular weight excluding hydrogens is 437 g/mol. The molecule has 2 amide bonds. The summed E-state index contributed by atoms with van der Waals surface area (Å²) in [6.45, 7) is 1.66. The number of alkyl halides is 3. The molecule has 1 aliphatic rings. The van der Waals surface area contributed by atoms with E-state index >= 15 is 0 Å². The van der Waals surface area contributed by atoms with Gasteiger partial charge in [-0.25, -0.2) is 0 Å². The Labute approximate surface area is 190 Å². The van der Waals surface area contributed by atoms with E-state index in [2.05, 4.69) is 15.5 Å². The predicted molar refractivity (Wildman–Crippen MR) is 114 cm³/mol. The van der Waals surface area contributed by atoms with Crippen molar-refractivity contribution in [1.82, 2.24) is 20.4 Å². The Kier molecular flexibility index (Phi) is 7.76. The zero-order valence-electron chi connectivity index (χ0n) is 18.9. The van der Waals surface area contributed by atoms with Gasteiger partial charge in [-0.2, -0.15) is 18.2 Å². The number of rotatable bonds is 7. The summed E-state index contributed by atoms with van der Waals surface area (Å²) in [5, 5.41) is 7.13. The molecule has 3 rings (SSSR count). The molecule has 10 heteroatoms. The van der Waals surface area contributed by atoms with Crippen molar-refractivity contribution in [3.05, 3.63) is 47.1 Å². The van der Waals surface area contributed by atoms with Gasteiger partial charge in [-0.15, -0.1) is 0 Å². The number of carbonyl (C=O) groups excluding carboxylic acids is 2. The van der Waals surface area contributed by atoms with Gasteiger partial charge in [-0.05, 0) is 30.5 Å². The van der Waals surface area contributed by atoms with Gasteiger partial charge in [0.1, 0.15) is 5.54 Å². The van der Waals surface area contributed by atoms with Gasteiger partial charge in [0, 0.05) is 33.4 Å². The molecule has 7 nitrogen and oxygen atoms in total. The lowest BCUT2D eigenvalue weighted by molar-refractivity contribution is -0.137. The van der Waals surface area contributed by atoms with Crippen molar-refractivity contribution < 1.29 is 27.3 Å². The monoisotopic (exact) mass is 466 g/mol. The Morgan fingerprint density at radius 2 is 1.76 bits per heavy atom. The van der Waals surface area contributed by atoms with Crippen molar-refractivity contribution in [3.8, 4) is 0 Å². The summed E-state index contributed by atoms with van der Waals surface area (Å²) in [5.41, 5.74) is -0.768. The van der Waals surface area contributed by atoms with Crippen molar-refractivity contribution in [3.63, 3.8) is 0 Å². The molecule has 1 aromatic heterocycles. The summed E-state index contributed by atoms with van der Waals surface area (Å²) in [4.78, 5) is 30.2. The minimum atomic E-state index is -4.39. The standard InChI is InChI=1S/C23H29F3N4O3/c1-16(31)28-22(13-5-3-4-6-14-22)21-27-19(33-29-21)11-12-20(32)30(2)15-17-7-9-18(10-8-17)23(24,25)26/h7-10H,3-6,11-15H2,1-2H3,(H,28,31). The number of carbonyl (C=O) groups is 2. The number of aryl methyl sites for hydroxylation is 1. The van der Waals surface area contributed by atoms with Crippen molar-refractivity contribution in [2.24, 2.45) is 0 Å². The quantitative estimate of drug-likeness (QED) is 0.613. The SMILES string of the molecule is CC(=O)NC1(c2noc(CCC(=O)N(C)Cc3ccc(C(F)(F)F)cc3)n2)CCCCCC1. The molecule has 0 unspecified atom stereocenters. The Hall–Kier alpha value is -2.91. The highest BCUT2D eigenvalue weighted by Crippen LogP contribution is 2.34. The van der Waals surface area contributed by atoms with Gasteiger partial charge in [0.2, 0.25) is 17.7 Å². The highest BCUT2D eigenvalue weighted by atomic mass is 19.4. The number of benzene rings is 1. The van der Waals surface area contributed by atoms with Crippen LogP contribution >= 0.6 is 0 Å². The van der Waals surface area contributed by atoms with Crippen LogP contribution in [-0.2, 0) is 34.3 Å². The van der Waals surface area contributed by atoms with E-state index in [4.69, 9.17) is 4.52 Å². The molecule has 1 fully saturated rings. The zero-order valence-corrected chi connectivity index (χ0v) is 18.9. The highest BCUT2D eigenvalue weighted by molar-refractivity contribution is 5.76. The number of hydrogen-bond donors (Lipinski definition) is 1. The second-order valence-corrected chi connectivity index (χ2v) is 8.63. The van der Waals surface area contributed by atoms with Crippen LogP contribution in [0.3, 0.4) is 0 Å². The fourth-order valence-electron chi connectivity index (χ4n) is 4.19. The summed E-state index contributed by atoms with van der Waals surface area (Å²) < 4.78 is 43.4. The molecule has 0 atom stereocenters. The van der Waals surface area contributed by atoms with Gasteiger partial charge < -0.3 is 14.7 Å². The third-order valence-electron chi connectivity index (χ3n) is 5.95. The second-order valence-electron chi connectivity index (χ2n) is 8.63. The summed E-state index contributed by atoms with van der Waals surface area (Å²) in [6.07, 6.45) is 1.52. The molecule has 0 aliphatic heterocycles. The van der Waals surface area contributed by atoms with Crippen molar-refractivity contribution in [2.45, 2.75) is 76.6 Å². The number of aromatic nitrogens is 2. The summed E-state index contributed by atoms with van der Waals surface area (Å²) in [5.74, 6) is 0.416. The molecule has 33 heavy (non-hydrogen) atoms. The average Bonchev–Trinajstić information content (AvgIpc) is 3.11. The first-order valence-electron chi connectivity index (χ1n) is 11.1. The maximum Gasteiger partial charge on any atom is 0.416 e. The number of nitrogens with zero attached hydrogens (tertiary/aromatic N) is 3. The van der Waals surface area contributed by atoms with Crippen LogP contribution in [0.25, 0.3) is 0 Å². The molecule has 0 radical (unpaired) electrons. The van der Waals surface area contributed by atoms with E-state index in [1.165, 1.54) is 24.0 Å². The molecule has 0 bridgehead atoms. The maximum absolute atomic E-state index is 12.7. The second kappa shape index (κ2) is 10.4. The van der Waals surface area contributed by atoms with E-state index in [1.807, 2.05) is 0 Å². The Morgan fingerprint density at radius 1 is 1.12 bits per heavy atom. The van der Waals surface area contributed by atoms with E-state index in [0.717, 1.165) is 50.7 Å². The van der Waals surface area contributed by atoms with Crippen molar-refractivity contribution in [1.29, 1.82) is 0 Å². The zero-order chi connectivity index (χ0) is 24.1. The molecule has 1 saturated carbocycles. The number of nitrogens with one attached hydrogen (secondary N) is 1. The van der Waals surface area contributed by atoms with Crippen molar-refractivity contribution >= 4 is 11.8 Å². The smallest absolute Gasteiger partial charge is 0.343 e. The molecular formula is C23H29F3N4O3. The molecule has 1 heterocycles. The number of halogens is 3.